The number of hydrazine groups is 1. The van der Waals surface area contributed by atoms with E-state index in [-0.39, 0.29) is 18.7 Å². The summed E-state index contributed by atoms with van der Waals surface area (Å²) in [7, 11) is -3.83. The Balaban J connectivity index is 2.08. The Morgan fingerprint density at radius 2 is 2.18 bits per heavy atom. The third-order valence-electron chi connectivity index (χ3n) is 3.27. The first-order valence-corrected chi connectivity index (χ1v) is 8.33. The number of sulfonamides is 1. The zero-order chi connectivity index (χ0) is 16.3. The maximum Gasteiger partial charge on any atom is 0.324 e. The van der Waals surface area contributed by atoms with Crippen molar-refractivity contribution in [1.82, 2.24) is 10.9 Å². The minimum absolute atomic E-state index is 0.0164. The zero-order valence-corrected chi connectivity index (χ0v) is 13.0. The van der Waals surface area contributed by atoms with Crippen LogP contribution in [0.25, 0.3) is 0 Å². The largest absolute Gasteiger partial charge is 0.465 e. The monoisotopic (exact) mass is 331 g/mol. The Morgan fingerprint density at radius 1 is 1.45 bits per heavy atom. The Labute approximate surface area is 128 Å². The number of rotatable bonds is 5. The van der Waals surface area contributed by atoms with Gasteiger partial charge < -0.3 is 4.74 Å². The van der Waals surface area contributed by atoms with Crippen LogP contribution < -0.4 is 15.6 Å². The third-order valence-corrected chi connectivity index (χ3v) is 4.83. The molecule has 122 valence electrons. The Morgan fingerprint density at radius 3 is 2.86 bits per heavy atom. The van der Waals surface area contributed by atoms with Crippen molar-refractivity contribution in [1.29, 1.82) is 0 Å². The molecule has 1 saturated heterocycles. The van der Waals surface area contributed by atoms with E-state index in [2.05, 4.69) is 15.6 Å². The molecule has 2 unspecified atom stereocenters. The molecule has 0 spiro atoms. The lowest BCUT2D eigenvalue weighted by atomic mass is 10.2. The van der Waals surface area contributed by atoms with Crippen LogP contribution in [0.1, 0.15) is 18.9 Å². The first-order chi connectivity index (χ1) is 10.3. The molecule has 0 radical (unpaired) electrons. The van der Waals surface area contributed by atoms with Crippen LogP contribution in [0.15, 0.2) is 18.2 Å². The third kappa shape index (κ3) is 3.73. The Hall–Kier alpha value is -1.71. The van der Waals surface area contributed by atoms with Gasteiger partial charge in [-0.3, -0.25) is 9.52 Å². The quantitative estimate of drug-likeness (QED) is 0.685. The average Bonchev–Trinajstić information content (AvgIpc) is 2.93. The fraction of sp³-hybridized carbons (Fsp3) is 0.462. The smallest absolute Gasteiger partial charge is 0.324 e. The second kappa shape index (κ2) is 6.59. The van der Waals surface area contributed by atoms with Crippen LogP contribution in [0.2, 0.25) is 0 Å². The minimum Gasteiger partial charge on any atom is -0.465 e. The average molecular weight is 331 g/mol. The summed E-state index contributed by atoms with van der Waals surface area (Å²) in [4.78, 5) is 11.6. The molecule has 1 aromatic carbocycles. The summed E-state index contributed by atoms with van der Waals surface area (Å²) in [6, 6.07) is 3.10. The molecule has 0 bridgehead atoms. The van der Waals surface area contributed by atoms with Crippen molar-refractivity contribution in [3.05, 3.63) is 29.6 Å². The highest BCUT2D eigenvalue weighted by Gasteiger charge is 2.38. The normalized spacial score (nSPS) is 21.6. The molecule has 3 N–H and O–H groups in total. The molecule has 2 rings (SSSR count). The highest BCUT2D eigenvalue weighted by atomic mass is 32.2. The second-order valence-corrected chi connectivity index (χ2v) is 6.79. The molecule has 1 aliphatic heterocycles. The molecule has 0 aromatic heterocycles. The maximum absolute atomic E-state index is 13.2. The number of nitrogens with one attached hydrogen (secondary N) is 3. The standard InChI is InChI=1S/C13H18FN3O4S/c1-3-21-13(18)11-7-12(16-15-11)22(19,20)17-10-6-9(14)5-4-8(10)2/h4-6,11-12,15-17H,3,7H2,1-2H3. The summed E-state index contributed by atoms with van der Waals surface area (Å²) in [5, 5.41) is -1.02. The molecule has 9 heteroatoms. The number of ether oxygens (including phenoxy) is 1. The van der Waals surface area contributed by atoms with Crippen LogP contribution in [-0.2, 0) is 19.6 Å². The fourth-order valence-electron chi connectivity index (χ4n) is 2.06. The molecule has 1 aliphatic rings. The van der Waals surface area contributed by atoms with Gasteiger partial charge in [0, 0.05) is 6.42 Å². The molecule has 1 fully saturated rings. The minimum atomic E-state index is -3.83. The summed E-state index contributed by atoms with van der Waals surface area (Å²) >= 11 is 0. The van der Waals surface area contributed by atoms with Crippen LogP contribution in [-0.4, -0.2) is 32.4 Å². The number of esters is 1. The molecule has 22 heavy (non-hydrogen) atoms. The van der Waals surface area contributed by atoms with Gasteiger partial charge in [0.15, 0.2) is 0 Å². The lowest BCUT2D eigenvalue weighted by molar-refractivity contribution is -0.145. The van der Waals surface area contributed by atoms with Gasteiger partial charge in [0.05, 0.1) is 12.3 Å². The van der Waals surface area contributed by atoms with E-state index in [0.29, 0.717) is 5.56 Å². The van der Waals surface area contributed by atoms with Crippen molar-refractivity contribution in [2.45, 2.75) is 31.7 Å². The van der Waals surface area contributed by atoms with Crippen molar-refractivity contribution >= 4 is 21.7 Å². The van der Waals surface area contributed by atoms with Crippen molar-refractivity contribution < 1.29 is 22.3 Å². The van der Waals surface area contributed by atoms with E-state index >= 15 is 0 Å². The van der Waals surface area contributed by atoms with Gasteiger partial charge in [-0.15, -0.1) is 0 Å². The number of carbonyl (C=O) groups excluding carboxylic acids is 1. The number of halogens is 1. The first kappa shape index (κ1) is 16.7. The molecule has 1 heterocycles. The van der Waals surface area contributed by atoms with Gasteiger partial charge in [0.2, 0.25) is 10.0 Å². The molecular weight excluding hydrogens is 313 g/mol. The predicted molar refractivity (Wildman–Crippen MR) is 78.8 cm³/mol. The maximum atomic E-state index is 13.2. The van der Waals surface area contributed by atoms with E-state index in [1.807, 2.05) is 0 Å². The van der Waals surface area contributed by atoms with E-state index in [1.54, 1.807) is 13.8 Å². The van der Waals surface area contributed by atoms with Crippen LogP contribution in [0.5, 0.6) is 0 Å². The van der Waals surface area contributed by atoms with Crippen molar-refractivity contribution in [3.63, 3.8) is 0 Å². The summed E-state index contributed by atoms with van der Waals surface area (Å²) in [6.45, 7) is 3.55. The lowest BCUT2D eigenvalue weighted by Crippen LogP contribution is -2.41. The van der Waals surface area contributed by atoms with E-state index in [4.69, 9.17) is 4.74 Å². The molecule has 7 nitrogen and oxygen atoms in total. The van der Waals surface area contributed by atoms with E-state index in [0.717, 1.165) is 6.07 Å². The fourth-order valence-corrected chi connectivity index (χ4v) is 3.39. The number of aryl methyl sites for hydroxylation is 1. The molecule has 0 aliphatic carbocycles. The molecule has 1 aromatic rings. The summed E-state index contributed by atoms with van der Waals surface area (Å²) in [5.41, 5.74) is 5.90. The van der Waals surface area contributed by atoms with Gasteiger partial charge in [-0.1, -0.05) is 6.07 Å². The molecule has 0 amide bonds. The van der Waals surface area contributed by atoms with Crippen molar-refractivity contribution in [2.24, 2.45) is 0 Å². The van der Waals surface area contributed by atoms with Gasteiger partial charge in [-0.25, -0.2) is 23.7 Å². The molecular formula is C13H18FN3O4S. The highest BCUT2D eigenvalue weighted by Crippen LogP contribution is 2.21. The summed E-state index contributed by atoms with van der Waals surface area (Å²) in [6.07, 6.45) is 0.0164. The van der Waals surface area contributed by atoms with E-state index in [9.17, 15) is 17.6 Å². The highest BCUT2D eigenvalue weighted by molar-refractivity contribution is 7.93. The number of hydrogen-bond donors (Lipinski definition) is 3. The topological polar surface area (TPSA) is 96.5 Å². The van der Waals surface area contributed by atoms with Gasteiger partial charge in [0.25, 0.3) is 0 Å². The first-order valence-electron chi connectivity index (χ1n) is 6.79. The van der Waals surface area contributed by atoms with Gasteiger partial charge >= 0.3 is 5.97 Å². The number of carbonyl (C=O) groups is 1. The number of hydrogen-bond acceptors (Lipinski definition) is 6. The van der Waals surface area contributed by atoms with Crippen LogP contribution >= 0.6 is 0 Å². The van der Waals surface area contributed by atoms with Crippen LogP contribution in [0, 0.1) is 12.7 Å². The lowest BCUT2D eigenvalue weighted by Gasteiger charge is -2.15. The van der Waals surface area contributed by atoms with Gasteiger partial charge in [-0.05, 0) is 31.5 Å². The number of anilines is 1. The summed E-state index contributed by atoms with van der Waals surface area (Å²) in [5.74, 6) is -1.06. The SMILES string of the molecule is CCOC(=O)C1CC(S(=O)(=O)Nc2cc(F)ccc2C)NN1. The Bertz CT molecular complexity index is 665. The van der Waals surface area contributed by atoms with Gasteiger partial charge in [-0.2, -0.15) is 0 Å². The van der Waals surface area contributed by atoms with Crippen LogP contribution in [0.4, 0.5) is 10.1 Å². The predicted octanol–water partition coefficient (Wildman–Crippen LogP) is 0.632. The molecule has 0 saturated carbocycles. The summed E-state index contributed by atoms with van der Waals surface area (Å²) < 4.78 is 45.0. The van der Waals surface area contributed by atoms with Crippen LogP contribution in [0.3, 0.4) is 0 Å². The van der Waals surface area contributed by atoms with Crippen molar-refractivity contribution in [2.75, 3.05) is 11.3 Å². The molecule has 2 atom stereocenters. The van der Waals surface area contributed by atoms with E-state index < -0.39 is 33.2 Å². The van der Waals surface area contributed by atoms with E-state index in [1.165, 1.54) is 12.1 Å². The second-order valence-electron chi connectivity index (χ2n) is 4.92. The van der Waals surface area contributed by atoms with Gasteiger partial charge in [0.1, 0.15) is 17.2 Å². The zero-order valence-electron chi connectivity index (χ0n) is 12.2. The van der Waals surface area contributed by atoms with Crippen molar-refractivity contribution in [3.8, 4) is 0 Å². The number of benzene rings is 1. The Kier molecular flexibility index (Phi) is 4.99.